The van der Waals surface area contributed by atoms with Gasteiger partial charge in [-0.1, -0.05) is 30.7 Å². The minimum absolute atomic E-state index is 0.104. The summed E-state index contributed by atoms with van der Waals surface area (Å²) < 4.78 is 29.6. The molecule has 5 nitrogen and oxygen atoms in total. The zero-order valence-electron chi connectivity index (χ0n) is 11.7. The molecule has 2 rings (SSSR count). The molecule has 7 heteroatoms. The molecule has 3 atom stereocenters. The molecule has 0 saturated heterocycles. The Balaban J connectivity index is 2.54. The standard InChI is InChI=1S/C14H17ClO5S/c1-3-21(18,19)12-11(9-5-4-6-10(15)7-9)14(12,8-20-2)13(16)17/h4-7,11-12H,3,8H2,1-2H3,(H,16,17)/t11-,12-,14+/m1/s1. The van der Waals surface area contributed by atoms with Crippen LogP contribution in [0, 0.1) is 5.41 Å². The summed E-state index contributed by atoms with van der Waals surface area (Å²) in [5.74, 6) is -1.90. The lowest BCUT2D eigenvalue weighted by molar-refractivity contribution is -0.145. The molecular weight excluding hydrogens is 316 g/mol. The predicted molar refractivity (Wildman–Crippen MR) is 79.4 cm³/mol. The molecule has 116 valence electrons. The summed E-state index contributed by atoms with van der Waals surface area (Å²) in [6, 6.07) is 6.67. The van der Waals surface area contributed by atoms with Gasteiger partial charge in [-0.25, -0.2) is 8.42 Å². The van der Waals surface area contributed by atoms with E-state index in [9.17, 15) is 18.3 Å². The molecule has 1 aliphatic rings. The Morgan fingerprint density at radius 1 is 1.48 bits per heavy atom. The predicted octanol–water partition coefficient (Wildman–Crippen LogP) is 1.96. The van der Waals surface area contributed by atoms with Gasteiger partial charge in [0.2, 0.25) is 0 Å². The number of aliphatic carboxylic acids is 1. The van der Waals surface area contributed by atoms with E-state index in [-0.39, 0.29) is 12.4 Å². The van der Waals surface area contributed by atoms with Gasteiger partial charge in [-0.2, -0.15) is 0 Å². The van der Waals surface area contributed by atoms with Gasteiger partial charge < -0.3 is 9.84 Å². The molecule has 1 aliphatic carbocycles. The number of halogens is 1. The van der Waals surface area contributed by atoms with E-state index >= 15 is 0 Å². The van der Waals surface area contributed by atoms with Crippen LogP contribution in [0.2, 0.25) is 5.02 Å². The van der Waals surface area contributed by atoms with Crippen LogP contribution >= 0.6 is 11.6 Å². The van der Waals surface area contributed by atoms with Gasteiger partial charge in [-0.3, -0.25) is 4.79 Å². The molecule has 0 spiro atoms. The van der Waals surface area contributed by atoms with E-state index < -0.39 is 32.4 Å². The first-order valence-electron chi connectivity index (χ1n) is 6.50. The van der Waals surface area contributed by atoms with Crippen LogP contribution in [0.5, 0.6) is 0 Å². The molecule has 21 heavy (non-hydrogen) atoms. The molecule has 1 fully saturated rings. The fraction of sp³-hybridized carbons (Fsp3) is 0.500. The van der Waals surface area contributed by atoms with Crippen molar-refractivity contribution >= 4 is 27.4 Å². The summed E-state index contributed by atoms with van der Waals surface area (Å²) in [6.45, 7) is 1.37. The second-order valence-corrected chi connectivity index (χ2v) is 8.03. The Morgan fingerprint density at radius 2 is 2.14 bits per heavy atom. The van der Waals surface area contributed by atoms with Gasteiger partial charge in [0.05, 0.1) is 11.9 Å². The number of ether oxygens (including phenoxy) is 1. The van der Waals surface area contributed by atoms with Gasteiger partial charge >= 0.3 is 5.97 Å². The van der Waals surface area contributed by atoms with Crippen molar-refractivity contribution in [2.24, 2.45) is 5.41 Å². The quantitative estimate of drug-likeness (QED) is 0.861. The highest BCUT2D eigenvalue weighted by molar-refractivity contribution is 7.92. The van der Waals surface area contributed by atoms with Gasteiger partial charge in [-0.15, -0.1) is 0 Å². The number of methoxy groups -OCH3 is 1. The zero-order chi connectivity index (χ0) is 15.8. The minimum atomic E-state index is -3.51. The highest BCUT2D eigenvalue weighted by atomic mass is 35.5. The van der Waals surface area contributed by atoms with Gasteiger partial charge in [0, 0.05) is 23.8 Å². The monoisotopic (exact) mass is 332 g/mol. The number of rotatable bonds is 6. The topological polar surface area (TPSA) is 80.7 Å². The molecule has 0 aliphatic heterocycles. The molecule has 0 amide bonds. The lowest BCUT2D eigenvalue weighted by Crippen LogP contribution is -2.29. The average molecular weight is 333 g/mol. The largest absolute Gasteiger partial charge is 0.481 e. The first-order valence-corrected chi connectivity index (χ1v) is 8.60. The highest BCUT2D eigenvalue weighted by Gasteiger charge is 2.75. The third-order valence-corrected chi connectivity index (χ3v) is 6.54. The summed E-state index contributed by atoms with van der Waals surface area (Å²) >= 11 is 5.93. The van der Waals surface area contributed by atoms with Gasteiger partial charge in [0.15, 0.2) is 9.84 Å². The highest BCUT2D eigenvalue weighted by Crippen LogP contribution is 2.63. The molecule has 0 heterocycles. The number of sulfone groups is 1. The fourth-order valence-electron chi connectivity index (χ4n) is 3.01. The maximum Gasteiger partial charge on any atom is 0.314 e. The number of hydrogen-bond acceptors (Lipinski definition) is 4. The van der Waals surface area contributed by atoms with Crippen LogP contribution in [0.3, 0.4) is 0 Å². The third kappa shape index (κ3) is 2.56. The summed E-state index contributed by atoms with van der Waals surface area (Å²) in [5, 5.41) is 9.06. The van der Waals surface area contributed by atoms with E-state index in [1.165, 1.54) is 14.0 Å². The zero-order valence-corrected chi connectivity index (χ0v) is 13.3. The Labute approximate surface area is 128 Å². The lowest BCUT2D eigenvalue weighted by Gasteiger charge is -2.11. The van der Waals surface area contributed by atoms with Crippen molar-refractivity contribution in [3.63, 3.8) is 0 Å². The number of carboxylic acids is 1. The Hall–Kier alpha value is -1.11. The molecule has 1 aromatic rings. The normalized spacial score (nSPS) is 28.3. The van der Waals surface area contributed by atoms with Crippen molar-refractivity contribution in [1.29, 1.82) is 0 Å². The van der Waals surface area contributed by atoms with Crippen LogP contribution in [0.25, 0.3) is 0 Å². The molecule has 1 aromatic carbocycles. The number of benzene rings is 1. The molecule has 0 aromatic heterocycles. The maximum absolute atomic E-state index is 12.3. The molecule has 0 bridgehead atoms. The fourth-order valence-corrected chi connectivity index (χ4v) is 5.26. The Kier molecular flexibility index (Phi) is 4.33. The minimum Gasteiger partial charge on any atom is -0.481 e. The second-order valence-electron chi connectivity index (χ2n) is 5.18. The van der Waals surface area contributed by atoms with Crippen LogP contribution in [-0.2, 0) is 19.4 Å². The summed E-state index contributed by atoms with van der Waals surface area (Å²) in [5.41, 5.74) is -0.821. The van der Waals surface area contributed by atoms with E-state index in [4.69, 9.17) is 16.3 Å². The van der Waals surface area contributed by atoms with E-state index in [0.717, 1.165) is 0 Å². The number of carboxylic acid groups (broad SMARTS) is 1. The summed E-state index contributed by atoms with van der Waals surface area (Å²) in [7, 11) is -2.15. The van der Waals surface area contributed by atoms with E-state index in [1.807, 2.05) is 0 Å². The smallest absolute Gasteiger partial charge is 0.314 e. The van der Waals surface area contributed by atoms with Crippen molar-refractivity contribution in [1.82, 2.24) is 0 Å². The molecule has 0 radical (unpaired) electrons. The third-order valence-electron chi connectivity index (χ3n) is 4.03. The molecule has 0 unspecified atom stereocenters. The summed E-state index contributed by atoms with van der Waals surface area (Å²) in [6.07, 6.45) is 0. The van der Waals surface area contributed by atoms with Crippen LogP contribution in [0.4, 0.5) is 0 Å². The molecule has 1 N–H and O–H groups in total. The second kappa shape index (κ2) is 5.59. The average Bonchev–Trinajstić information content (AvgIpc) is 3.10. The van der Waals surface area contributed by atoms with Gasteiger partial charge in [0.1, 0.15) is 5.41 Å². The first-order chi connectivity index (χ1) is 9.81. The van der Waals surface area contributed by atoms with Crippen molar-refractivity contribution in [2.75, 3.05) is 19.5 Å². The lowest BCUT2D eigenvalue weighted by atomic mass is 10.00. The maximum atomic E-state index is 12.3. The van der Waals surface area contributed by atoms with Crippen LogP contribution in [0.15, 0.2) is 24.3 Å². The SMILES string of the molecule is CCS(=O)(=O)[C@@H]1[C@@H](c2cccc(Cl)c2)[C@]1(COC)C(=O)O. The first kappa shape index (κ1) is 16.3. The molecular formula is C14H17ClO5S. The van der Waals surface area contributed by atoms with Crippen LogP contribution in [0.1, 0.15) is 18.4 Å². The van der Waals surface area contributed by atoms with E-state index in [0.29, 0.717) is 10.6 Å². The molecule has 1 saturated carbocycles. The Bertz CT molecular complexity index is 657. The van der Waals surface area contributed by atoms with Crippen molar-refractivity contribution < 1.29 is 23.1 Å². The Morgan fingerprint density at radius 3 is 2.62 bits per heavy atom. The van der Waals surface area contributed by atoms with Gasteiger partial charge in [-0.05, 0) is 17.7 Å². The van der Waals surface area contributed by atoms with Crippen molar-refractivity contribution in [2.45, 2.75) is 18.1 Å². The van der Waals surface area contributed by atoms with E-state index in [1.54, 1.807) is 24.3 Å². The van der Waals surface area contributed by atoms with Crippen molar-refractivity contribution in [3.05, 3.63) is 34.9 Å². The number of carbonyl (C=O) groups is 1. The van der Waals surface area contributed by atoms with Crippen molar-refractivity contribution in [3.8, 4) is 0 Å². The van der Waals surface area contributed by atoms with Crippen LogP contribution < -0.4 is 0 Å². The van der Waals surface area contributed by atoms with Gasteiger partial charge in [0.25, 0.3) is 0 Å². The number of hydrogen-bond donors (Lipinski definition) is 1. The summed E-state index contributed by atoms with van der Waals surface area (Å²) in [4.78, 5) is 11.7. The van der Waals surface area contributed by atoms with Crippen LogP contribution in [-0.4, -0.2) is 44.2 Å². The van der Waals surface area contributed by atoms with E-state index in [2.05, 4.69) is 0 Å².